The third kappa shape index (κ3) is 4.35. The highest BCUT2D eigenvalue weighted by Crippen LogP contribution is 2.34. The van der Waals surface area contributed by atoms with Crippen LogP contribution in [0.25, 0.3) is 21.5 Å². The lowest BCUT2D eigenvalue weighted by molar-refractivity contribution is -0.383. The van der Waals surface area contributed by atoms with Gasteiger partial charge in [0.25, 0.3) is 5.69 Å². The van der Waals surface area contributed by atoms with Crippen molar-refractivity contribution in [3.8, 4) is 11.4 Å². The lowest BCUT2D eigenvalue weighted by Crippen LogP contribution is -2.15. The van der Waals surface area contributed by atoms with Crippen molar-refractivity contribution in [1.82, 2.24) is 14.8 Å². The van der Waals surface area contributed by atoms with Gasteiger partial charge in [-0.05, 0) is 12.1 Å². The van der Waals surface area contributed by atoms with Crippen LogP contribution in [0.1, 0.15) is 0 Å². The van der Waals surface area contributed by atoms with Crippen LogP contribution in [-0.4, -0.2) is 31.3 Å². The van der Waals surface area contributed by atoms with Crippen molar-refractivity contribution in [3.05, 3.63) is 76.7 Å². The summed E-state index contributed by atoms with van der Waals surface area (Å²) in [4.78, 5) is 23.0. The van der Waals surface area contributed by atoms with Crippen molar-refractivity contribution in [3.63, 3.8) is 0 Å². The first-order valence-corrected chi connectivity index (χ1v) is 11.1. The van der Waals surface area contributed by atoms with Crippen molar-refractivity contribution in [2.75, 3.05) is 11.1 Å². The molecule has 2 aromatic carbocycles. The molecule has 0 aliphatic heterocycles. The quantitative estimate of drug-likeness (QED) is 0.175. The maximum atomic E-state index is 12.4. The number of carbonyl (C=O) groups is 1. The Morgan fingerprint density at radius 3 is 2.81 bits per heavy atom. The van der Waals surface area contributed by atoms with Crippen LogP contribution in [0.4, 0.5) is 11.4 Å². The topological polar surface area (TPSA) is 103 Å². The lowest BCUT2D eigenvalue weighted by Gasteiger charge is -2.08. The fourth-order valence-electron chi connectivity index (χ4n) is 3.09. The number of nitro benzene ring substituents is 1. The zero-order valence-corrected chi connectivity index (χ0v) is 17.9. The van der Waals surface area contributed by atoms with Gasteiger partial charge in [0, 0.05) is 33.6 Å². The number of carbonyl (C=O) groups excluding carboxylic acids is 1. The van der Waals surface area contributed by atoms with E-state index >= 15 is 0 Å². The van der Waals surface area contributed by atoms with Gasteiger partial charge in [-0.3, -0.25) is 19.5 Å². The van der Waals surface area contributed by atoms with E-state index < -0.39 is 4.92 Å². The number of nitro groups is 1. The minimum absolute atomic E-state index is 0.0334. The molecule has 10 heteroatoms. The number of anilines is 1. The molecule has 0 atom stereocenters. The van der Waals surface area contributed by atoms with Crippen LogP contribution in [-0.2, 0) is 11.3 Å². The zero-order valence-electron chi connectivity index (χ0n) is 16.2. The average Bonchev–Trinajstić information content (AvgIpc) is 3.36. The molecule has 0 aliphatic rings. The second-order valence-electron chi connectivity index (χ2n) is 6.46. The predicted octanol–water partition coefficient (Wildman–Crippen LogP) is 4.98. The van der Waals surface area contributed by atoms with Crippen LogP contribution < -0.4 is 5.32 Å². The van der Waals surface area contributed by atoms with Gasteiger partial charge >= 0.3 is 0 Å². The number of aromatic nitrogens is 3. The number of rotatable bonds is 8. The first kappa shape index (κ1) is 20.8. The van der Waals surface area contributed by atoms with E-state index in [4.69, 9.17) is 0 Å². The first-order chi connectivity index (χ1) is 15.1. The molecule has 4 aromatic rings. The molecule has 0 spiro atoms. The summed E-state index contributed by atoms with van der Waals surface area (Å²) >= 11 is 2.85. The number of thiophene rings is 1. The van der Waals surface area contributed by atoms with Gasteiger partial charge in [-0.1, -0.05) is 48.2 Å². The fraction of sp³-hybridized carbons (Fsp3) is 0.0952. The SMILES string of the molecule is C=CCn1c(SCC(=O)Nc2ccccc2[N+](=O)[O-])nnc1-c1csc2ccccc12. The Kier molecular flexibility index (Phi) is 6.10. The van der Waals surface area contributed by atoms with Crippen molar-refractivity contribution in [2.45, 2.75) is 11.7 Å². The molecular formula is C21H17N5O3S2. The molecule has 1 amide bonds. The number of amides is 1. The normalized spacial score (nSPS) is 10.8. The number of thioether (sulfide) groups is 1. The minimum atomic E-state index is -0.527. The van der Waals surface area contributed by atoms with Gasteiger partial charge in [0.1, 0.15) is 5.69 Å². The lowest BCUT2D eigenvalue weighted by atomic mass is 10.1. The maximum absolute atomic E-state index is 12.4. The van der Waals surface area contributed by atoms with E-state index in [1.165, 1.54) is 23.9 Å². The van der Waals surface area contributed by atoms with Crippen LogP contribution in [0.15, 0.2) is 71.7 Å². The first-order valence-electron chi connectivity index (χ1n) is 9.25. The third-order valence-corrected chi connectivity index (χ3v) is 6.39. The largest absolute Gasteiger partial charge is 0.320 e. The highest BCUT2D eigenvalue weighted by molar-refractivity contribution is 7.99. The number of nitrogens with one attached hydrogen (secondary N) is 1. The molecule has 0 saturated heterocycles. The summed E-state index contributed by atoms with van der Waals surface area (Å²) < 4.78 is 3.06. The molecule has 0 unspecified atom stereocenters. The van der Waals surface area contributed by atoms with E-state index in [-0.39, 0.29) is 23.0 Å². The highest BCUT2D eigenvalue weighted by atomic mass is 32.2. The second-order valence-corrected chi connectivity index (χ2v) is 8.32. The van der Waals surface area contributed by atoms with E-state index in [1.54, 1.807) is 29.5 Å². The zero-order chi connectivity index (χ0) is 21.8. The molecule has 2 aromatic heterocycles. The van der Waals surface area contributed by atoms with E-state index in [2.05, 4.69) is 28.2 Å². The van der Waals surface area contributed by atoms with Crippen LogP contribution in [0.2, 0.25) is 0 Å². The predicted molar refractivity (Wildman–Crippen MR) is 123 cm³/mol. The molecule has 0 saturated carbocycles. The molecule has 0 fully saturated rings. The Morgan fingerprint density at radius 1 is 1.23 bits per heavy atom. The summed E-state index contributed by atoms with van der Waals surface area (Å²) in [6.07, 6.45) is 1.75. The van der Waals surface area contributed by atoms with Crippen molar-refractivity contribution >= 4 is 50.5 Å². The molecule has 2 heterocycles. The highest BCUT2D eigenvalue weighted by Gasteiger charge is 2.19. The Hall–Kier alpha value is -3.50. The van der Waals surface area contributed by atoms with E-state index in [0.29, 0.717) is 17.5 Å². The summed E-state index contributed by atoms with van der Waals surface area (Å²) in [6.45, 7) is 4.30. The van der Waals surface area contributed by atoms with Crippen LogP contribution in [0.5, 0.6) is 0 Å². The molecule has 0 radical (unpaired) electrons. The van der Waals surface area contributed by atoms with Gasteiger partial charge < -0.3 is 5.32 Å². The molecule has 31 heavy (non-hydrogen) atoms. The van der Waals surface area contributed by atoms with Crippen molar-refractivity contribution in [2.24, 2.45) is 0 Å². The molecule has 0 bridgehead atoms. The maximum Gasteiger partial charge on any atom is 0.292 e. The summed E-state index contributed by atoms with van der Waals surface area (Å²) in [7, 11) is 0. The Labute approximate surface area is 185 Å². The van der Waals surface area contributed by atoms with Gasteiger partial charge in [0.05, 0.1) is 10.7 Å². The van der Waals surface area contributed by atoms with Gasteiger partial charge in [-0.2, -0.15) is 0 Å². The Bertz CT molecular complexity index is 1280. The number of hydrogen-bond donors (Lipinski definition) is 1. The standard InChI is InChI=1S/C21H17N5O3S2/c1-2-11-25-20(15-12-30-18-10-6-3-7-14(15)18)23-24-21(25)31-13-19(27)22-16-8-4-5-9-17(16)26(28)29/h2-10,12H,1,11,13H2,(H,22,27). The summed E-state index contributed by atoms with van der Waals surface area (Å²) in [6, 6.07) is 14.1. The number of fused-ring (bicyclic) bond motifs is 1. The van der Waals surface area contributed by atoms with Gasteiger partial charge in [0.15, 0.2) is 11.0 Å². The summed E-state index contributed by atoms with van der Waals surface area (Å²) in [5.74, 6) is 0.375. The van der Waals surface area contributed by atoms with Gasteiger partial charge in [-0.15, -0.1) is 28.1 Å². The minimum Gasteiger partial charge on any atom is -0.320 e. The molecule has 8 nitrogen and oxygen atoms in total. The van der Waals surface area contributed by atoms with E-state index in [9.17, 15) is 14.9 Å². The van der Waals surface area contributed by atoms with E-state index in [0.717, 1.165) is 15.6 Å². The van der Waals surface area contributed by atoms with Gasteiger partial charge in [0.2, 0.25) is 5.91 Å². The summed E-state index contributed by atoms with van der Waals surface area (Å²) in [5, 5.41) is 26.1. The van der Waals surface area contributed by atoms with Crippen LogP contribution in [0.3, 0.4) is 0 Å². The number of benzene rings is 2. The third-order valence-electron chi connectivity index (χ3n) is 4.46. The average molecular weight is 452 g/mol. The number of nitrogens with zero attached hydrogens (tertiary/aromatic N) is 4. The molecule has 1 N–H and O–H groups in total. The van der Waals surface area contributed by atoms with Crippen LogP contribution in [0, 0.1) is 10.1 Å². The summed E-state index contributed by atoms with van der Waals surface area (Å²) in [5.41, 5.74) is 0.990. The Morgan fingerprint density at radius 2 is 2.00 bits per heavy atom. The number of para-hydroxylation sites is 2. The molecule has 4 rings (SSSR count). The molecule has 0 aliphatic carbocycles. The van der Waals surface area contributed by atoms with Crippen LogP contribution >= 0.6 is 23.1 Å². The smallest absolute Gasteiger partial charge is 0.292 e. The Balaban J connectivity index is 1.54. The second kappa shape index (κ2) is 9.11. The van der Waals surface area contributed by atoms with Crippen molar-refractivity contribution in [1.29, 1.82) is 0 Å². The van der Waals surface area contributed by atoms with Crippen molar-refractivity contribution < 1.29 is 9.72 Å². The molecule has 156 valence electrons. The number of allylic oxidation sites excluding steroid dienone is 1. The fourth-order valence-corrected chi connectivity index (χ4v) is 4.78. The van der Waals surface area contributed by atoms with E-state index in [1.807, 2.05) is 28.1 Å². The monoisotopic (exact) mass is 451 g/mol. The number of hydrogen-bond acceptors (Lipinski definition) is 7. The molecular weight excluding hydrogens is 434 g/mol. The van der Waals surface area contributed by atoms with Gasteiger partial charge in [-0.25, -0.2) is 0 Å².